The van der Waals surface area contributed by atoms with Gasteiger partial charge in [0.05, 0.1) is 0 Å². The second-order valence-corrected chi connectivity index (χ2v) is 7.05. The van der Waals surface area contributed by atoms with Crippen molar-refractivity contribution in [1.82, 2.24) is 4.90 Å². The third-order valence-corrected chi connectivity index (χ3v) is 5.07. The fourth-order valence-corrected chi connectivity index (χ4v) is 3.76. The number of allylic oxidation sites excluding steroid dienone is 2. The van der Waals surface area contributed by atoms with Crippen LogP contribution >= 0.6 is 0 Å². The van der Waals surface area contributed by atoms with Gasteiger partial charge in [-0.15, -0.1) is 0 Å². The SMILES string of the molecule is CN(C)c1ccc(/C=C2\CCCC(C=O)=C2N2CCCCC2)cc1. The van der Waals surface area contributed by atoms with E-state index in [0.717, 1.165) is 44.2 Å². The van der Waals surface area contributed by atoms with Crippen molar-refractivity contribution < 1.29 is 4.79 Å². The number of hydrogen-bond donors (Lipinski definition) is 0. The summed E-state index contributed by atoms with van der Waals surface area (Å²) in [5.41, 5.74) is 5.99. The van der Waals surface area contributed by atoms with Crippen LogP contribution in [0.5, 0.6) is 0 Å². The Hall–Kier alpha value is -2.03. The Morgan fingerprint density at radius 3 is 2.29 bits per heavy atom. The zero-order valence-electron chi connectivity index (χ0n) is 14.9. The number of benzene rings is 1. The highest BCUT2D eigenvalue weighted by Crippen LogP contribution is 2.34. The molecule has 128 valence electrons. The van der Waals surface area contributed by atoms with Crippen LogP contribution in [0.1, 0.15) is 44.1 Å². The monoisotopic (exact) mass is 324 g/mol. The fraction of sp³-hybridized carbons (Fsp3) is 0.476. The van der Waals surface area contributed by atoms with Crippen molar-refractivity contribution in [1.29, 1.82) is 0 Å². The minimum atomic E-state index is 0.923. The van der Waals surface area contributed by atoms with Gasteiger partial charge < -0.3 is 9.80 Å². The third kappa shape index (κ3) is 3.72. The average molecular weight is 324 g/mol. The molecule has 0 aromatic heterocycles. The number of nitrogens with zero attached hydrogens (tertiary/aromatic N) is 2. The molecule has 1 fully saturated rings. The molecule has 1 heterocycles. The van der Waals surface area contributed by atoms with E-state index in [2.05, 4.69) is 54.2 Å². The van der Waals surface area contributed by atoms with Crippen molar-refractivity contribution in [3.63, 3.8) is 0 Å². The number of aldehydes is 1. The average Bonchev–Trinajstić information content (AvgIpc) is 2.62. The molecule has 3 heteroatoms. The Morgan fingerprint density at radius 1 is 0.958 bits per heavy atom. The first-order valence-corrected chi connectivity index (χ1v) is 9.10. The lowest BCUT2D eigenvalue weighted by Gasteiger charge is -2.35. The first kappa shape index (κ1) is 16.8. The minimum absolute atomic E-state index is 0.923. The van der Waals surface area contributed by atoms with Gasteiger partial charge in [-0.1, -0.05) is 12.1 Å². The molecule has 1 aromatic rings. The molecule has 3 rings (SSSR count). The van der Waals surface area contributed by atoms with Gasteiger partial charge in [0, 0.05) is 44.1 Å². The number of rotatable bonds is 4. The van der Waals surface area contributed by atoms with Crippen LogP contribution < -0.4 is 4.90 Å². The van der Waals surface area contributed by atoms with Gasteiger partial charge in [-0.2, -0.15) is 0 Å². The molecule has 24 heavy (non-hydrogen) atoms. The Labute approximate surface area is 145 Å². The molecule has 0 atom stereocenters. The van der Waals surface area contributed by atoms with Gasteiger partial charge in [0.15, 0.2) is 0 Å². The summed E-state index contributed by atoms with van der Waals surface area (Å²) in [5, 5.41) is 0. The summed E-state index contributed by atoms with van der Waals surface area (Å²) >= 11 is 0. The Kier molecular flexibility index (Phi) is 5.39. The van der Waals surface area contributed by atoms with E-state index in [4.69, 9.17) is 0 Å². The summed E-state index contributed by atoms with van der Waals surface area (Å²) in [6.45, 7) is 2.17. The predicted molar refractivity (Wildman–Crippen MR) is 101 cm³/mol. The van der Waals surface area contributed by atoms with Crippen molar-refractivity contribution >= 4 is 18.0 Å². The Bertz CT molecular complexity index is 634. The lowest BCUT2D eigenvalue weighted by molar-refractivity contribution is -0.105. The molecule has 1 aliphatic heterocycles. The quantitative estimate of drug-likeness (QED) is 0.773. The molecule has 0 N–H and O–H groups in total. The van der Waals surface area contributed by atoms with E-state index in [1.807, 2.05) is 0 Å². The smallest absolute Gasteiger partial charge is 0.148 e. The van der Waals surface area contributed by atoms with Crippen molar-refractivity contribution in [2.45, 2.75) is 38.5 Å². The number of hydrogen-bond acceptors (Lipinski definition) is 3. The van der Waals surface area contributed by atoms with Crippen molar-refractivity contribution in [2.75, 3.05) is 32.1 Å². The predicted octanol–water partition coefficient (Wildman–Crippen LogP) is 4.26. The number of piperidine rings is 1. The maximum absolute atomic E-state index is 11.6. The summed E-state index contributed by atoms with van der Waals surface area (Å²) in [6.07, 6.45) is 10.2. The van der Waals surface area contributed by atoms with E-state index in [1.54, 1.807) is 0 Å². The molecular weight excluding hydrogens is 296 g/mol. The van der Waals surface area contributed by atoms with Crippen LogP contribution in [0.3, 0.4) is 0 Å². The number of carbonyl (C=O) groups excluding carboxylic acids is 1. The second-order valence-electron chi connectivity index (χ2n) is 7.05. The van der Waals surface area contributed by atoms with Gasteiger partial charge in [0.25, 0.3) is 0 Å². The molecule has 1 saturated heterocycles. The number of likely N-dealkylation sites (tertiary alicyclic amines) is 1. The number of anilines is 1. The maximum Gasteiger partial charge on any atom is 0.148 e. The first-order valence-electron chi connectivity index (χ1n) is 9.10. The Balaban J connectivity index is 1.92. The van der Waals surface area contributed by atoms with Crippen LogP contribution in [0, 0.1) is 0 Å². The lowest BCUT2D eigenvalue weighted by atomic mass is 9.89. The maximum atomic E-state index is 11.6. The van der Waals surface area contributed by atoms with Crippen LogP contribution in [0.25, 0.3) is 6.08 Å². The normalized spacial score (nSPS) is 20.4. The summed E-state index contributed by atoms with van der Waals surface area (Å²) in [6, 6.07) is 8.65. The molecule has 0 amide bonds. The molecule has 0 radical (unpaired) electrons. The van der Waals surface area contributed by atoms with Crippen LogP contribution in [-0.2, 0) is 4.79 Å². The van der Waals surface area contributed by atoms with E-state index >= 15 is 0 Å². The van der Waals surface area contributed by atoms with Gasteiger partial charge in [-0.3, -0.25) is 4.79 Å². The third-order valence-electron chi connectivity index (χ3n) is 5.07. The highest BCUT2D eigenvalue weighted by atomic mass is 16.1. The van der Waals surface area contributed by atoms with Crippen molar-refractivity contribution in [2.24, 2.45) is 0 Å². The largest absolute Gasteiger partial charge is 0.378 e. The summed E-state index contributed by atoms with van der Waals surface area (Å²) < 4.78 is 0. The van der Waals surface area contributed by atoms with Gasteiger partial charge in [0.1, 0.15) is 6.29 Å². The molecule has 2 aliphatic rings. The second kappa shape index (κ2) is 7.69. The summed E-state index contributed by atoms with van der Waals surface area (Å²) in [4.78, 5) is 16.2. The first-order chi connectivity index (χ1) is 11.7. The zero-order chi connectivity index (χ0) is 16.9. The molecule has 0 bridgehead atoms. The molecular formula is C21H28N2O. The highest BCUT2D eigenvalue weighted by molar-refractivity contribution is 5.78. The highest BCUT2D eigenvalue weighted by Gasteiger charge is 2.23. The molecule has 0 saturated carbocycles. The van der Waals surface area contributed by atoms with E-state index in [0.29, 0.717) is 0 Å². The van der Waals surface area contributed by atoms with Gasteiger partial charge in [-0.05, 0) is 67.9 Å². The molecule has 1 aliphatic carbocycles. The molecule has 0 spiro atoms. The topological polar surface area (TPSA) is 23.6 Å². The number of carbonyl (C=O) groups is 1. The molecule has 0 unspecified atom stereocenters. The van der Waals surface area contributed by atoms with Crippen molar-refractivity contribution in [3.8, 4) is 0 Å². The van der Waals surface area contributed by atoms with Crippen molar-refractivity contribution in [3.05, 3.63) is 46.7 Å². The van der Waals surface area contributed by atoms with Crippen LogP contribution in [-0.4, -0.2) is 38.4 Å². The van der Waals surface area contributed by atoms with Gasteiger partial charge >= 0.3 is 0 Å². The van der Waals surface area contributed by atoms with E-state index in [9.17, 15) is 4.79 Å². The van der Waals surface area contributed by atoms with E-state index in [1.165, 1.54) is 41.8 Å². The van der Waals surface area contributed by atoms with Crippen LogP contribution in [0.4, 0.5) is 5.69 Å². The van der Waals surface area contributed by atoms with E-state index in [-0.39, 0.29) is 0 Å². The van der Waals surface area contributed by atoms with E-state index < -0.39 is 0 Å². The summed E-state index contributed by atoms with van der Waals surface area (Å²) in [5.74, 6) is 0. The zero-order valence-corrected chi connectivity index (χ0v) is 14.9. The lowest BCUT2D eigenvalue weighted by Crippen LogP contribution is -2.32. The summed E-state index contributed by atoms with van der Waals surface area (Å²) in [7, 11) is 4.12. The van der Waals surface area contributed by atoms with Crippen LogP contribution in [0.2, 0.25) is 0 Å². The minimum Gasteiger partial charge on any atom is -0.378 e. The van der Waals surface area contributed by atoms with Gasteiger partial charge in [0.2, 0.25) is 0 Å². The fourth-order valence-electron chi connectivity index (χ4n) is 3.76. The Morgan fingerprint density at radius 2 is 1.67 bits per heavy atom. The van der Waals surface area contributed by atoms with Gasteiger partial charge in [-0.25, -0.2) is 0 Å². The standard InChI is InChI=1S/C21H28N2O/c1-22(2)20-11-9-17(10-12-20)15-18-7-6-8-19(16-24)21(18)23-13-4-3-5-14-23/h9-12,15-16H,3-8,13-14H2,1-2H3/b18-15+. The van der Waals surface area contributed by atoms with Crippen LogP contribution in [0.15, 0.2) is 41.1 Å². The molecule has 3 nitrogen and oxygen atoms in total. The molecule has 1 aromatic carbocycles.